The van der Waals surface area contributed by atoms with E-state index in [1.807, 2.05) is 6.07 Å². The van der Waals surface area contributed by atoms with Crippen LogP contribution in [0.15, 0.2) is 41.3 Å². The van der Waals surface area contributed by atoms with Crippen molar-refractivity contribution in [3.63, 3.8) is 0 Å². The molecule has 2 rings (SSSR count). The van der Waals surface area contributed by atoms with Gasteiger partial charge in [-0.05, 0) is 18.9 Å². The maximum atomic E-state index is 10.8. The third-order valence-corrected chi connectivity index (χ3v) is 3.92. The molecule has 1 aliphatic rings. The summed E-state index contributed by atoms with van der Waals surface area (Å²) in [6.45, 7) is 4.79. The van der Waals surface area contributed by atoms with Crippen molar-refractivity contribution in [3.8, 4) is 0 Å². The molecule has 1 N–H and O–H groups in total. The van der Waals surface area contributed by atoms with Crippen LogP contribution < -0.4 is 5.32 Å². The van der Waals surface area contributed by atoms with Crippen LogP contribution in [0.1, 0.15) is 12.8 Å². The first-order valence-electron chi connectivity index (χ1n) is 5.93. The van der Waals surface area contributed by atoms with Crippen molar-refractivity contribution < 1.29 is 4.92 Å². The fourth-order valence-corrected chi connectivity index (χ4v) is 2.46. The average molecular weight is 264 g/mol. The first kappa shape index (κ1) is 13.1. The minimum atomic E-state index is -0.340. The normalized spacial score (nSPS) is 14.4. The highest BCUT2D eigenvalue weighted by Crippen LogP contribution is 2.29. The number of hydrogen-bond acceptors (Lipinski definition) is 4. The summed E-state index contributed by atoms with van der Waals surface area (Å²) in [4.78, 5) is 11.2. The summed E-state index contributed by atoms with van der Waals surface area (Å²) in [7, 11) is 0. The highest BCUT2D eigenvalue weighted by Gasteiger charge is 2.20. The third-order valence-electron chi connectivity index (χ3n) is 2.71. The van der Waals surface area contributed by atoms with Gasteiger partial charge >= 0.3 is 0 Å². The van der Waals surface area contributed by atoms with Gasteiger partial charge in [-0.3, -0.25) is 10.1 Å². The second-order valence-electron chi connectivity index (χ2n) is 4.42. The number of benzene rings is 1. The van der Waals surface area contributed by atoms with Gasteiger partial charge in [0.1, 0.15) is 0 Å². The lowest BCUT2D eigenvalue weighted by Gasteiger charge is -2.07. The van der Waals surface area contributed by atoms with Crippen molar-refractivity contribution in [2.24, 2.45) is 0 Å². The Balaban J connectivity index is 1.84. The Morgan fingerprint density at radius 2 is 2.22 bits per heavy atom. The fraction of sp³-hybridized carbons (Fsp3) is 0.385. The van der Waals surface area contributed by atoms with E-state index in [-0.39, 0.29) is 10.6 Å². The zero-order chi connectivity index (χ0) is 13.0. The number of para-hydroxylation sites is 1. The Bertz CT molecular complexity index is 458. The summed E-state index contributed by atoms with van der Waals surface area (Å²) >= 11 is 1.47. The van der Waals surface area contributed by atoms with Crippen molar-refractivity contribution in [1.29, 1.82) is 0 Å². The van der Waals surface area contributed by atoms with Gasteiger partial charge in [-0.25, -0.2) is 0 Å². The molecule has 0 heterocycles. The second-order valence-corrected chi connectivity index (χ2v) is 5.44. The van der Waals surface area contributed by atoms with Crippen LogP contribution in [-0.4, -0.2) is 23.3 Å². The largest absolute Gasteiger partial charge is 0.310 e. The van der Waals surface area contributed by atoms with E-state index in [2.05, 4.69) is 11.9 Å². The molecule has 0 unspecified atom stereocenters. The topological polar surface area (TPSA) is 55.2 Å². The van der Waals surface area contributed by atoms with E-state index in [1.54, 1.807) is 12.1 Å². The third kappa shape index (κ3) is 3.85. The highest BCUT2D eigenvalue weighted by atomic mass is 32.2. The van der Waals surface area contributed by atoms with E-state index in [9.17, 15) is 10.1 Å². The monoisotopic (exact) mass is 264 g/mol. The predicted octanol–water partition coefficient (Wildman–Crippen LogP) is 3.00. The number of thioether (sulfide) groups is 1. The molecule has 1 fully saturated rings. The molecular formula is C13H16N2O2S. The van der Waals surface area contributed by atoms with Crippen LogP contribution in [0.2, 0.25) is 0 Å². The molecule has 0 aliphatic heterocycles. The summed E-state index contributed by atoms with van der Waals surface area (Å²) < 4.78 is 0. The van der Waals surface area contributed by atoms with Gasteiger partial charge in [0.05, 0.1) is 9.82 Å². The Kier molecular flexibility index (Phi) is 4.38. The SMILES string of the molecule is C=C(CNC1CC1)CSc1ccccc1[N+](=O)[O-]. The molecule has 1 aromatic carbocycles. The molecule has 96 valence electrons. The number of hydrogen-bond donors (Lipinski definition) is 1. The zero-order valence-corrected chi connectivity index (χ0v) is 10.9. The molecule has 0 bridgehead atoms. The van der Waals surface area contributed by atoms with E-state index >= 15 is 0 Å². The van der Waals surface area contributed by atoms with E-state index in [0.29, 0.717) is 16.7 Å². The molecule has 0 saturated heterocycles. The molecule has 0 atom stereocenters. The van der Waals surface area contributed by atoms with Crippen molar-refractivity contribution in [2.45, 2.75) is 23.8 Å². The maximum absolute atomic E-state index is 10.8. The molecule has 1 aliphatic carbocycles. The van der Waals surface area contributed by atoms with Gasteiger partial charge in [-0.15, -0.1) is 11.8 Å². The number of nitro groups is 1. The van der Waals surface area contributed by atoms with Crippen molar-refractivity contribution >= 4 is 17.4 Å². The summed E-state index contributed by atoms with van der Waals surface area (Å²) in [5, 5.41) is 14.2. The van der Waals surface area contributed by atoms with E-state index in [0.717, 1.165) is 12.1 Å². The summed E-state index contributed by atoms with van der Waals surface area (Å²) in [5.41, 5.74) is 1.25. The molecular weight excluding hydrogens is 248 g/mol. The second kappa shape index (κ2) is 6.02. The number of nitrogens with one attached hydrogen (secondary N) is 1. The van der Waals surface area contributed by atoms with Gasteiger partial charge in [0.15, 0.2) is 0 Å². The Hall–Kier alpha value is -1.33. The van der Waals surface area contributed by atoms with Crippen LogP contribution in [0.5, 0.6) is 0 Å². The number of nitrogens with zero attached hydrogens (tertiary/aromatic N) is 1. The van der Waals surface area contributed by atoms with Crippen LogP contribution in [0.25, 0.3) is 0 Å². The summed E-state index contributed by atoms with van der Waals surface area (Å²) in [5.74, 6) is 0.713. The lowest BCUT2D eigenvalue weighted by atomic mass is 10.3. The molecule has 5 heteroatoms. The van der Waals surface area contributed by atoms with Gasteiger partial charge in [0.2, 0.25) is 0 Å². The van der Waals surface area contributed by atoms with Gasteiger partial charge in [0, 0.05) is 24.4 Å². The molecule has 0 spiro atoms. The quantitative estimate of drug-likeness (QED) is 0.356. The van der Waals surface area contributed by atoms with Gasteiger partial charge in [-0.2, -0.15) is 0 Å². The number of rotatable bonds is 7. The van der Waals surface area contributed by atoms with Crippen LogP contribution in [-0.2, 0) is 0 Å². The molecule has 0 amide bonds. The lowest BCUT2D eigenvalue weighted by Crippen LogP contribution is -2.19. The van der Waals surface area contributed by atoms with E-state index < -0.39 is 0 Å². The van der Waals surface area contributed by atoms with Crippen LogP contribution in [0, 0.1) is 10.1 Å². The van der Waals surface area contributed by atoms with Crippen molar-refractivity contribution in [1.82, 2.24) is 5.32 Å². The van der Waals surface area contributed by atoms with Crippen LogP contribution >= 0.6 is 11.8 Å². The molecule has 4 nitrogen and oxygen atoms in total. The Morgan fingerprint density at radius 3 is 2.89 bits per heavy atom. The van der Waals surface area contributed by atoms with Crippen LogP contribution in [0.3, 0.4) is 0 Å². The van der Waals surface area contributed by atoms with Crippen molar-refractivity contribution in [2.75, 3.05) is 12.3 Å². The first-order chi connectivity index (χ1) is 8.66. The maximum Gasteiger partial charge on any atom is 0.282 e. The molecule has 1 saturated carbocycles. The Morgan fingerprint density at radius 1 is 1.50 bits per heavy atom. The minimum Gasteiger partial charge on any atom is -0.310 e. The van der Waals surface area contributed by atoms with E-state index in [1.165, 1.54) is 30.7 Å². The average Bonchev–Trinajstić information content (AvgIpc) is 3.18. The van der Waals surface area contributed by atoms with Gasteiger partial charge in [0.25, 0.3) is 5.69 Å². The van der Waals surface area contributed by atoms with Crippen molar-refractivity contribution in [3.05, 3.63) is 46.5 Å². The minimum absolute atomic E-state index is 0.172. The number of nitro benzene ring substituents is 1. The highest BCUT2D eigenvalue weighted by molar-refractivity contribution is 7.99. The summed E-state index contributed by atoms with van der Waals surface area (Å²) in [6.07, 6.45) is 2.51. The molecule has 18 heavy (non-hydrogen) atoms. The lowest BCUT2D eigenvalue weighted by molar-refractivity contribution is -0.387. The van der Waals surface area contributed by atoms with Gasteiger partial charge in [-0.1, -0.05) is 24.3 Å². The van der Waals surface area contributed by atoms with E-state index in [4.69, 9.17) is 0 Å². The van der Waals surface area contributed by atoms with Gasteiger partial charge < -0.3 is 5.32 Å². The summed E-state index contributed by atoms with van der Waals surface area (Å²) in [6, 6.07) is 7.49. The molecule has 0 radical (unpaired) electrons. The smallest absolute Gasteiger partial charge is 0.282 e. The fourth-order valence-electron chi connectivity index (χ4n) is 1.54. The zero-order valence-electron chi connectivity index (χ0n) is 10.1. The standard InChI is InChI=1S/C13H16N2O2S/c1-10(8-14-11-6-7-11)9-18-13-5-3-2-4-12(13)15(16)17/h2-5,11,14H,1,6-9H2. The molecule has 0 aromatic heterocycles. The first-order valence-corrected chi connectivity index (χ1v) is 6.91. The molecule has 1 aromatic rings. The van der Waals surface area contributed by atoms with Crippen LogP contribution in [0.4, 0.5) is 5.69 Å². The predicted molar refractivity (Wildman–Crippen MR) is 74.0 cm³/mol. The Labute approximate surface area is 111 Å².